The molecule has 1 N–H and O–H groups in total. The summed E-state index contributed by atoms with van der Waals surface area (Å²) in [6.07, 6.45) is 7.22. The molecule has 26 heavy (non-hydrogen) atoms. The molecule has 5 rings (SSSR count). The molecule has 1 saturated heterocycles. The van der Waals surface area contributed by atoms with Crippen molar-refractivity contribution in [2.75, 3.05) is 31.1 Å². The average molecular weight is 352 g/mol. The fourth-order valence-corrected chi connectivity index (χ4v) is 4.39. The first-order valence-corrected chi connectivity index (χ1v) is 8.83. The van der Waals surface area contributed by atoms with Crippen LogP contribution in [0.5, 0.6) is 0 Å². The summed E-state index contributed by atoms with van der Waals surface area (Å²) in [7, 11) is 0. The van der Waals surface area contributed by atoms with Crippen LogP contribution in [0.15, 0.2) is 29.4 Å². The van der Waals surface area contributed by atoms with Gasteiger partial charge in [0.2, 0.25) is 6.41 Å². The summed E-state index contributed by atoms with van der Waals surface area (Å²) in [6, 6.07) is 2.01. The van der Waals surface area contributed by atoms with Gasteiger partial charge in [0.25, 0.3) is 0 Å². The number of carbonyl (C=O) groups is 1. The van der Waals surface area contributed by atoms with Crippen molar-refractivity contribution in [3.05, 3.63) is 36.1 Å². The van der Waals surface area contributed by atoms with E-state index in [4.69, 9.17) is 4.52 Å². The molecule has 3 aromatic rings. The van der Waals surface area contributed by atoms with E-state index in [0.29, 0.717) is 12.5 Å². The minimum Gasteiger partial charge on any atom is -0.364 e. The van der Waals surface area contributed by atoms with Gasteiger partial charge in [-0.1, -0.05) is 5.16 Å². The Hall–Kier alpha value is -2.90. The fourth-order valence-electron chi connectivity index (χ4n) is 4.39. The number of fused-ring (bicyclic) bond motifs is 1. The molecule has 134 valence electrons. The van der Waals surface area contributed by atoms with Gasteiger partial charge >= 0.3 is 0 Å². The third-order valence-electron chi connectivity index (χ3n) is 5.81. The smallest absolute Gasteiger partial charge is 0.209 e. The van der Waals surface area contributed by atoms with Crippen molar-refractivity contribution >= 4 is 23.3 Å². The number of H-pyrrole nitrogens is 1. The third-order valence-corrected chi connectivity index (χ3v) is 5.81. The molecular weight excluding hydrogens is 332 g/mol. The topological polar surface area (TPSA) is 91.2 Å². The van der Waals surface area contributed by atoms with Crippen LogP contribution in [0.25, 0.3) is 11.0 Å². The summed E-state index contributed by atoms with van der Waals surface area (Å²) in [5.74, 6) is 1.29. The molecule has 1 aliphatic carbocycles. The summed E-state index contributed by atoms with van der Waals surface area (Å²) in [4.78, 5) is 27.7. The van der Waals surface area contributed by atoms with Gasteiger partial charge in [0.1, 0.15) is 24.1 Å². The standard InChI is InChI=1S/C18H20N6O2/c1-12-14(7-26-22-12)15-6-18(15)8-23(11-25)4-5-24(9-18)17-13-2-3-19-16(13)20-10-21-17/h2-3,7,10-11,15H,4-6,8-9H2,1H3,(H,19,20,21). The number of amides is 1. The minimum atomic E-state index is 0.0152. The second-order valence-corrected chi connectivity index (χ2v) is 7.41. The zero-order chi connectivity index (χ0) is 17.7. The highest BCUT2D eigenvalue weighted by Gasteiger charge is 2.58. The lowest BCUT2D eigenvalue weighted by atomic mass is 9.98. The van der Waals surface area contributed by atoms with E-state index in [2.05, 4.69) is 25.0 Å². The lowest BCUT2D eigenvalue weighted by molar-refractivity contribution is -0.118. The number of carbonyl (C=O) groups excluding carboxylic acids is 1. The zero-order valence-corrected chi connectivity index (χ0v) is 14.6. The molecule has 0 aromatic carbocycles. The number of anilines is 1. The SMILES string of the molecule is Cc1nocc1C1CC12CN(C=O)CCN(c1ncnc3[nH]ccc13)C2. The molecule has 1 aliphatic heterocycles. The van der Waals surface area contributed by atoms with Crippen LogP contribution in [0.1, 0.15) is 23.6 Å². The van der Waals surface area contributed by atoms with Gasteiger partial charge in [-0.3, -0.25) is 4.79 Å². The van der Waals surface area contributed by atoms with Gasteiger partial charge in [-0.15, -0.1) is 0 Å². The molecule has 1 saturated carbocycles. The third kappa shape index (κ3) is 2.28. The number of aromatic nitrogens is 4. The molecule has 0 radical (unpaired) electrons. The summed E-state index contributed by atoms with van der Waals surface area (Å²) < 4.78 is 5.15. The molecule has 1 spiro atoms. The first kappa shape index (κ1) is 15.4. The first-order valence-electron chi connectivity index (χ1n) is 8.83. The largest absolute Gasteiger partial charge is 0.364 e. The predicted octanol–water partition coefficient (Wildman–Crippen LogP) is 1.71. The van der Waals surface area contributed by atoms with Crippen molar-refractivity contribution < 1.29 is 9.32 Å². The lowest BCUT2D eigenvalue weighted by Crippen LogP contribution is -2.32. The summed E-state index contributed by atoms with van der Waals surface area (Å²) in [6.45, 7) is 5.03. The molecule has 8 nitrogen and oxygen atoms in total. The van der Waals surface area contributed by atoms with Crippen LogP contribution in [0.4, 0.5) is 5.82 Å². The molecule has 2 atom stereocenters. The van der Waals surface area contributed by atoms with E-state index in [1.165, 1.54) is 0 Å². The maximum absolute atomic E-state index is 11.5. The van der Waals surface area contributed by atoms with Crippen molar-refractivity contribution in [3.8, 4) is 0 Å². The van der Waals surface area contributed by atoms with Gasteiger partial charge in [0.05, 0.1) is 11.1 Å². The van der Waals surface area contributed by atoms with Crippen LogP contribution in [0.3, 0.4) is 0 Å². The molecular formula is C18H20N6O2. The minimum absolute atomic E-state index is 0.0152. The normalized spacial score (nSPS) is 25.7. The van der Waals surface area contributed by atoms with Crippen LogP contribution < -0.4 is 4.90 Å². The quantitative estimate of drug-likeness (QED) is 0.722. The van der Waals surface area contributed by atoms with Crippen molar-refractivity contribution in [1.82, 2.24) is 25.0 Å². The second-order valence-electron chi connectivity index (χ2n) is 7.41. The Kier molecular flexibility index (Phi) is 3.28. The highest BCUT2D eigenvalue weighted by Crippen LogP contribution is 2.61. The Bertz CT molecular complexity index is 965. The van der Waals surface area contributed by atoms with Crippen LogP contribution in [0, 0.1) is 12.3 Å². The predicted molar refractivity (Wildman–Crippen MR) is 94.8 cm³/mol. The molecule has 8 heteroatoms. The van der Waals surface area contributed by atoms with E-state index >= 15 is 0 Å². The van der Waals surface area contributed by atoms with Crippen molar-refractivity contribution in [1.29, 1.82) is 0 Å². The van der Waals surface area contributed by atoms with Crippen molar-refractivity contribution in [3.63, 3.8) is 0 Å². The van der Waals surface area contributed by atoms with Crippen LogP contribution >= 0.6 is 0 Å². The maximum atomic E-state index is 11.5. The first-order chi connectivity index (χ1) is 12.7. The number of aryl methyl sites for hydroxylation is 1. The Morgan fingerprint density at radius 2 is 2.27 bits per heavy atom. The van der Waals surface area contributed by atoms with Crippen LogP contribution in [-0.4, -0.2) is 57.6 Å². The van der Waals surface area contributed by atoms with E-state index in [1.54, 1.807) is 12.6 Å². The monoisotopic (exact) mass is 352 g/mol. The number of hydrogen-bond acceptors (Lipinski definition) is 6. The number of rotatable bonds is 3. The van der Waals surface area contributed by atoms with Gasteiger partial charge in [-0.05, 0) is 25.3 Å². The van der Waals surface area contributed by atoms with E-state index in [1.807, 2.05) is 24.1 Å². The molecule has 2 unspecified atom stereocenters. The van der Waals surface area contributed by atoms with Gasteiger partial charge in [0, 0.05) is 43.4 Å². The van der Waals surface area contributed by atoms with E-state index in [9.17, 15) is 4.79 Å². The van der Waals surface area contributed by atoms with Crippen molar-refractivity contribution in [2.45, 2.75) is 19.3 Å². The summed E-state index contributed by atoms with van der Waals surface area (Å²) in [5, 5.41) is 5.05. The second kappa shape index (κ2) is 5.55. The molecule has 0 bridgehead atoms. The number of nitrogens with zero attached hydrogens (tertiary/aromatic N) is 5. The Morgan fingerprint density at radius 1 is 1.35 bits per heavy atom. The summed E-state index contributed by atoms with van der Waals surface area (Å²) >= 11 is 0. The number of aromatic amines is 1. The maximum Gasteiger partial charge on any atom is 0.209 e. The average Bonchev–Trinajstić information content (AvgIpc) is 2.96. The molecule has 2 fully saturated rings. The van der Waals surface area contributed by atoms with Gasteiger partial charge in [0.15, 0.2) is 0 Å². The van der Waals surface area contributed by atoms with E-state index in [-0.39, 0.29) is 5.41 Å². The van der Waals surface area contributed by atoms with Gasteiger partial charge in [-0.2, -0.15) is 0 Å². The van der Waals surface area contributed by atoms with Gasteiger partial charge < -0.3 is 19.3 Å². The Balaban J connectivity index is 1.52. The van der Waals surface area contributed by atoms with Crippen molar-refractivity contribution in [2.24, 2.45) is 5.41 Å². The molecule has 1 amide bonds. The number of nitrogens with one attached hydrogen (secondary N) is 1. The lowest BCUT2D eigenvalue weighted by Gasteiger charge is -2.26. The molecule has 3 aromatic heterocycles. The molecule has 4 heterocycles. The Morgan fingerprint density at radius 3 is 3.08 bits per heavy atom. The highest BCUT2D eigenvalue weighted by atomic mass is 16.5. The van der Waals surface area contributed by atoms with Gasteiger partial charge in [-0.25, -0.2) is 9.97 Å². The zero-order valence-electron chi connectivity index (χ0n) is 14.6. The number of hydrogen-bond donors (Lipinski definition) is 1. The Labute approximate surface area is 150 Å². The van der Waals surface area contributed by atoms with E-state index < -0.39 is 0 Å². The van der Waals surface area contributed by atoms with Crippen LogP contribution in [0.2, 0.25) is 0 Å². The van der Waals surface area contributed by atoms with Crippen LogP contribution in [-0.2, 0) is 4.79 Å². The molecule has 2 aliphatic rings. The summed E-state index contributed by atoms with van der Waals surface area (Å²) in [5.41, 5.74) is 2.95. The highest BCUT2D eigenvalue weighted by molar-refractivity contribution is 5.87. The van der Waals surface area contributed by atoms with E-state index in [0.717, 1.165) is 60.6 Å². The fraction of sp³-hybridized carbons (Fsp3) is 0.444.